The summed E-state index contributed by atoms with van der Waals surface area (Å²) in [6.07, 6.45) is 1.61. The van der Waals surface area contributed by atoms with Gasteiger partial charge < -0.3 is 5.73 Å². The molecule has 5 heteroatoms. The molecule has 2 N–H and O–H groups in total. The summed E-state index contributed by atoms with van der Waals surface area (Å²) in [5.41, 5.74) is 5.68. The molecule has 102 valence electrons. The monoisotopic (exact) mass is 264 g/mol. The van der Waals surface area contributed by atoms with Gasteiger partial charge in [-0.2, -0.15) is 0 Å². The molecule has 4 nitrogen and oxygen atoms in total. The second-order valence-corrected chi connectivity index (χ2v) is 4.84. The van der Waals surface area contributed by atoms with Gasteiger partial charge in [0.05, 0.1) is 12.6 Å². The molecule has 0 aromatic heterocycles. The molecule has 2 rings (SSSR count). The van der Waals surface area contributed by atoms with Crippen LogP contribution in [0.1, 0.15) is 18.4 Å². The van der Waals surface area contributed by atoms with E-state index in [-0.39, 0.29) is 30.6 Å². The normalized spacial score (nSPS) is 19.5. The maximum atomic E-state index is 13.4. The summed E-state index contributed by atoms with van der Waals surface area (Å²) in [4.78, 5) is 24.9. The van der Waals surface area contributed by atoms with Crippen molar-refractivity contribution in [1.82, 2.24) is 4.90 Å². The first-order valence-electron chi connectivity index (χ1n) is 6.36. The van der Waals surface area contributed by atoms with Gasteiger partial charge in [-0.05, 0) is 31.0 Å². The SMILES string of the molecule is NC(=O)C1CCCN1CC(=O)Cc1ccccc1F. The quantitative estimate of drug-likeness (QED) is 0.859. The molecule has 1 fully saturated rings. The van der Waals surface area contributed by atoms with E-state index >= 15 is 0 Å². The molecule has 1 amide bonds. The lowest BCUT2D eigenvalue weighted by Crippen LogP contribution is -2.43. The maximum absolute atomic E-state index is 13.4. The van der Waals surface area contributed by atoms with Crippen molar-refractivity contribution in [3.8, 4) is 0 Å². The number of halogens is 1. The molecule has 1 saturated heterocycles. The van der Waals surface area contributed by atoms with E-state index in [1.165, 1.54) is 6.07 Å². The number of carbonyl (C=O) groups is 2. The third kappa shape index (κ3) is 3.38. The molecule has 19 heavy (non-hydrogen) atoms. The fraction of sp³-hybridized carbons (Fsp3) is 0.429. The van der Waals surface area contributed by atoms with Gasteiger partial charge in [-0.3, -0.25) is 14.5 Å². The van der Waals surface area contributed by atoms with Crippen molar-refractivity contribution in [2.24, 2.45) is 5.73 Å². The number of primary amides is 1. The van der Waals surface area contributed by atoms with Crippen LogP contribution in [0, 0.1) is 5.82 Å². The summed E-state index contributed by atoms with van der Waals surface area (Å²) in [6.45, 7) is 0.846. The van der Waals surface area contributed by atoms with Crippen LogP contribution in [-0.4, -0.2) is 35.7 Å². The fourth-order valence-electron chi connectivity index (χ4n) is 2.47. The van der Waals surface area contributed by atoms with Gasteiger partial charge in [0, 0.05) is 6.42 Å². The van der Waals surface area contributed by atoms with Gasteiger partial charge >= 0.3 is 0 Å². The van der Waals surface area contributed by atoms with Gasteiger partial charge in [-0.1, -0.05) is 18.2 Å². The van der Waals surface area contributed by atoms with Crippen molar-refractivity contribution < 1.29 is 14.0 Å². The number of carbonyl (C=O) groups excluding carboxylic acids is 2. The molecule has 0 aliphatic carbocycles. The predicted octanol–water partition coefficient (Wildman–Crippen LogP) is 0.887. The maximum Gasteiger partial charge on any atom is 0.234 e. The van der Waals surface area contributed by atoms with Crippen LogP contribution in [0.2, 0.25) is 0 Å². The summed E-state index contributed by atoms with van der Waals surface area (Å²) >= 11 is 0. The van der Waals surface area contributed by atoms with Crippen LogP contribution in [0.15, 0.2) is 24.3 Å². The number of nitrogens with zero attached hydrogens (tertiary/aromatic N) is 1. The molecular weight excluding hydrogens is 247 g/mol. The number of hydrogen-bond donors (Lipinski definition) is 1. The number of benzene rings is 1. The minimum atomic E-state index is -0.392. The van der Waals surface area contributed by atoms with Crippen molar-refractivity contribution in [1.29, 1.82) is 0 Å². The van der Waals surface area contributed by atoms with E-state index < -0.39 is 5.91 Å². The minimum absolute atomic E-state index is 0.0503. The number of hydrogen-bond acceptors (Lipinski definition) is 3. The number of ketones is 1. The molecule has 1 atom stereocenters. The lowest BCUT2D eigenvalue weighted by atomic mass is 10.1. The summed E-state index contributed by atoms with van der Waals surface area (Å²) in [6, 6.07) is 5.87. The lowest BCUT2D eigenvalue weighted by Gasteiger charge is -2.20. The summed E-state index contributed by atoms with van der Waals surface area (Å²) in [7, 11) is 0. The Morgan fingerprint density at radius 3 is 2.79 bits per heavy atom. The highest BCUT2D eigenvalue weighted by Gasteiger charge is 2.30. The number of nitrogens with two attached hydrogens (primary N) is 1. The van der Waals surface area contributed by atoms with Gasteiger partial charge in [-0.25, -0.2) is 4.39 Å². The van der Waals surface area contributed by atoms with E-state index in [1.807, 2.05) is 0 Å². The first-order valence-corrected chi connectivity index (χ1v) is 6.36. The fourth-order valence-corrected chi connectivity index (χ4v) is 2.47. The van der Waals surface area contributed by atoms with Crippen molar-refractivity contribution in [3.63, 3.8) is 0 Å². The van der Waals surface area contributed by atoms with Crippen LogP contribution in [-0.2, 0) is 16.0 Å². The molecule has 1 aromatic carbocycles. The minimum Gasteiger partial charge on any atom is -0.368 e. The van der Waals surface area contributed by atoms with Crippen molar-refractivity contribution in [2.45, 2.75) is 25.3 Å². The van der Waals surface area contributed by atoms with E-state index in [2.05, 4.69) is 0 Å². The van der Waals surface area contributed by atoms with Crippen LogP contribution in [0.4, 0.5) is 4.39 Å². The Labute approximate surface area is 111 Å². The van der Waals surface area contributed by atoms with Gasteiger partial charge in [0.25, 0.3) is 0 Å². The molecule has 1 heterocycles. The third-order valence-electron chi connectivity index (χ3n) is 3.42. The zero-order chi connectivity index (χ0) is 13.8. The Bertz CT molecular complexity index is 490. The number of rotatable bonds is 5. The van der Waals surface area contributed by atoms with Gasteiger partial charge in [0.15, 0.2) is 5.78 Å². The first kappa shape index (κ1) is 13.7. The van der Waals surface area contributed by atoms with Gasteiger partial charge in [0.1, 0.15) is 5.82 Å². The highest BCUT2D eigenvalue weighted by atomic mass is 19.1. The predicted molar refractivity (Wildman–Crippen MR) is 68.9 cm³/mol. The summed E-state index contributed by atoms with van der Waals surface area (Å²) in [5.74, 6) is -0.863. The van der Waals surface area contributed by atoms with E-state index in [0.717, 1.165) is 6.42 Å². The molecular formula is C14H17FN2O2. The molecule has 0 saturated carbocycles. The summed E-state index contributed by atoms with van der Waals surface area (Å²) in [5, 5.41) is 0. The van der Waals surface area contributed by atoms with E-state index in [9.17, 15) is 14.0 Å². The Morgan fingerprint density at radius 2 is 2.11 bits per heavy atom. The zero-order valence-corrected chi connectivity index (χ0v) is 10.6. The van der Waals surface area contributed by atoms with E-state index in [4.69, 9.17) is 5.73 Å². The highest BCUT2D eigenvalue weighted by Crippen LogP contribution is 2.17. The zero-order valence-electron chi connectivity index (χ0n) is 10.6. The summed E-state index contributed by atoms with van der Waals surface area (Å²) < 4.78 is 13.4. The van der Waals surface area contributed by atoms with Crippen molar-refractivity contribution >= 4 is 11.7 Å². The molecule has 0 bridgehead atoms. The van der Waals surface area contributed by atoms with E-state index in [1.54, 1.807) is 23.1 Å². The van der Waals surface area contributed by atoms with Crippen LogP contribution < -0.4 is 5.73 Å². The van der Waals surface area contributed by atoms with Crippen LogP contribution >= 0.6 is 0 Å². The average molecular weight is 264 g/mol. The number of amides is 1. The van der Waals surface area contributed by atoms with Crippen LogP contribution in [0.25, 0.3) is 0 Å². The first-order chi connectivity index (χ1) is 9.08. The Kier molecular flexibility index (Phi) is 4.27. The molecule has 1 unspecified atom stereocenters. The average Bonchev–Trinajstić information content (AvgIpc) is 2.80. The number of likely N-dealkylation sites (tertiary alicyclic amines) is 1. The molecule has 1 aliphatic rings. The molecule has 1 aliphatic heterocycles. The van der Waals surface area contributed by atoms with Crippen LogP contribution in [0.3, 0.4) is 0 Å². The Hall–Kier alpha value is -1.75. The second kappa shape index (κ2) is 5.93. The molecule has 0 radical (unpaired) electrons. The Morgan fingerprint density at radius 1 is 1.37 bits per heavy atom. The highest BCUT2D eigenvalue weighted by molar-refractivity contribution is 5.85. The molecule has 1 aromatic rings. The Balaban J connectivity index is 1.95. The molecule has 0 spiro atoms. The van der Waals surface area contributed by atoms with Crippen molar-refractivity contribution in [2.75, 3.05) is 13.1 Å². The third-order valence-corrected chi connectivity index (χ3v) is 3.42. The van der Waals surface area contributed by atoms with Gasteiger partial charge in [0.2, 0.25) is 5.91 Å². The topological polar surface area (TPSA) is 63.4 Å². The standard InChI is InChI=1S/C14H17FN2O2/c15-12-5-2-1-4-10(12)8-11(18)9-17-7-3-6-13(17)14(16)19/h1-2,4-5,13H,3,6-9H2,(H2,16,19). The lowest BCUT2D eigenvalue weighted by molar-refractivity contribution is -0.124. The van der Waals surface area contributed by atoms with Crippen molar-refractivity contribution in [3.05, 3.63) is 35.6 Å². The van der Waals surface area contributed by atoms with E-state index in [0.29, 0.717) is 18.5 Å². The van der Waals surface area contributed by atoms with Crippen LogP contribution in [0.5, 0.6) is 0 Å². The largest absolute Gasteiger partial charge is 0.368 e. The number of Topliss-reactive ketones (excluding diaryl/α,β-unsaturated/α-hetero) is 1. The smallest absolute Gasteiger partial charge is 0.234 e. The second-order valence-electron chi connectivity index (χ2n) is 4.84. The van der Waals surface area contributed by atoms with Gasteiger partial charge in [-0.15, -0.1) is 0 Å².